The molecule has 0 radical (unpaired) electrons. The molecular formula is C23H26N2O3. The third-order valence-corrected chi connectivity index (χ3v) is 4.50. The molecule has 2 aromatic carbocycles. The number of carbonyl (C=O) groups excluding carboxylic acids is 2. The molecule has 1 amide bonds. The Kier molecular flexibility index (Phi) is 7.76. The van der Waals surface area contributed by atoms with Crippen LogP contribution in [0.15, 0.2) is 48.5 Å². The van der Waals surface area contributed by atoms with E-state index >= 15 is 0 Å². The molecule has 28 heavy (non-hydrogen) atoms. The van der Waals surface area contributed by atoms with E-state index in [1.165, 1.54) is 4.90 Å². The summed E-state index contributed by atoms with van der Waals surface area (Å²) in [6.07, 6.45) is 0.792. The Hall–Kier alpha value is -3.13. The van der Waals surface area contributed by atoms with Crippen molar-refractivity contribution in [1.82, 2.24) is 0 Å². The first-order valence-corrected chi connectivity index (χ1v) is 9.43. The fourth-order valence-corrected chi connectivity index (χ4v) is 3.20. The molecule has 0 fully saturated rings. The second-order valence-corrected chi connectivity index (χ2v) is 6.78. The van der Waals surface area contributed by atoms with E-state index in [4.69, 9.17) is 10.00 Å². The topological polar surface area (TPSA) is 70.4 Å². The standard InChI is InChI=1S/C23H26N2O3/c1-4-21(19-9-6-5-7-10-19)23(27)28-16-22(26)25(12-8-11-24)20-14-17(2)13-18(3)15-20/h5-7,9-10,13-15,21H,4,8,12,16H2,1-3H3. The molecule has 1 atom stereocenters. The van der Waals surface area contributed by atoms with Crippen molar-refractivity contribution in [2.45, 2.75) is 39.5 Å². The van der Waals surface area contributed by atoms with E-state index in [0.29, 0.717) is 12.1 Å². The number of aryl methyl sites for hydroxylation is 2. The lowest BCUT2D eigenvalue weighted by Crippen LogP contribution is -2.36. The highest BCUT2D eigenvalue weighted by Crippen LogP contribution is 2.22. The Morgan fingerprint density at radius 2 is 1.75 bits per heavy atom. The molecular weight excluding hydrogens is 352 g/mol. The molecule has 0 aliphatic heterocycles. The van der Waals surface area contributed by atoms with Crippen molar-refractivity contribution < 1.29 is 14.3 Å². The summed E-state index contributed by atoms with van der Waals surface area (Å²) in [6.45, 7) is 5.73. The van der Waals surface area contributed by atoms with Gasteiger partial charge in [-0.3, -0.25) is 9.59 Å². The minimum absolute atomic E-state index is 0.203. The van der Waals surface area contributed by atoms with Crippen LogP contribution >= 0.6 is 0 Å². The Labute approximate surface area is 166 Å². The zero-order chi connectivity index (χ0) is 20.5. The second kappa shape index (κ2) is 10.3. The molecule has 0 aliphatic carbocycles. The minimum Gasteiger partial charge on any atom is -0.455 e. The molecule has 5 nitrogen and oxygen atoms in total. The molecule has 0 heterocycles. The van der Waals surface area contributed by atoms with Gasteiger partial charge in [-0.25, -0.2) is 0 Å². The maximum absolute atomic E-state index is 12.8. The van der Waals surface area contributed by atoms with E-state index in [1.54, 1.807) is 0 Å². The van der Waals surface area contributed by atoms with Gasteiger partial charge < -0.3 is 9.64 Å². The van der Waals surface area contributed by atoms with Crippen LogP contribution in [0.5, 0.6) is 0 Å². The van der Waals surface area contributed by atoms with Gasteiger partial charge in [-0.05, 0) is 49.1 Å². The first kappa shape index (κ1) is 21.2. The largest absolute Gasteiger partial charge is 0.455 e. The van der Waals surface area contributed by atoms with E-state index in [1.807, 2.05) is 69.3 Å². The zero-order valence-corrected chi connectivity index (χ0v) is 16.6. The number of hydrogen-bond donors (Lipinski definition) is 0. The number of esters is 1. The number of hydrogen-bond acceptors (Lipinski definition) is 4. The molecule has 2 rings (SSSR count). The van der Waals surface area contributed by atoms with Crippen molar-refractivity contribution in [2.24, 2.45) is 0 Å². The lowest BCUT2D eigenvalue weighted by atomic mass is 9.97. The van der Waals surface area contributed by atoms with Crippen molar-refractivity contribution in [1.29, 1.82) is 5.26 Å². The van der Waals surface area contributed by atoms with Gasteiger partial charge in [0, 0.05) is 12.2 Å². The highest BCUT2D eigenvalue weighted by atomic mass is 16.5. The SMILES string of the molecule is CCC(C(=O)OCC(=O)N(CCC#N)c1cc(C)cc(C)c1)c1ccccc1. The normalized spacial score (nSPS) is 11.4. The molecule has 0 N–H and O–H groups in total. The number of nitrogens with zero attached hydrogens (tertiary/aromatic N) is 2. The van der Waals surface area contributed by atoms with Crippen molar-refractivity contribution in [3.63, 3.8) is 0 Å². The summed E-state index contributed by atoms with van der Waals surface area (Å²) in [6, 6.07) is 17.3. The van der Waals surface area contributed by atoms with Gasteiger partial charge in [0.2, 0.25) is 0 Å². The smallest absolute Gasteiger partial charge is 0.313 e. The molecule has 0 saturated heterocycles. The Morgan fingerprint density at radius 3 is 2.32 bits per heavy atom. The number of nitriles is 1. The Balaban J connectivity index is 2.10. The van der Waals surface area contributed by atoms with Crippen molar-refractivity contribution in [3.8, 4) is 6.07 Å². The van der Waals surface area contributed by atoms with E-state index in [9.17, 15) is 9.59 Å². The number of anilines is 1. The number of ether oxygens (including phenoxy) is 1. The summed E-state index contributed by atoms with van der Waals surface area (Å²) in [5, 5.41) is 8.93. The first-order valence-electron chi connectivity index (χ1n) is 9.43. The van der Waals surface area contributed by atoms with Gasteiger partial charge >= 0.3 is 5.97 Å². The van der Waals surface area contributed by atoms with Gasteiger partial charge in [0.05, 0.1) is 18.4 Å². The van der Waals surface area contributed by atoms with E-state index < -0.39 is 11.9 Å². The molecule has 0 bridgehead atoms. The highest BCUT2D eigenvalue weighted by molar-refractivity contribution is 5.95. The molecule has 2 aromatic rings. The van der Waals surface area contributed by atoms with Gasteiger partial charge in [0.25, 0.3) is 5.91 Å². The van der Waals surface area contributed by atoms with Crippen LogP contribution in [0, 0.1) is 25.2 Å². The number of amides is 1. The van der Waals surface area contributed by atoms with Gasteiger partial charge in [-0.2, -0.15) is 5.26 Å². The summed E-state index contributed by atoms with van der Waals surface area (Å²) in [7, 11) is 0. The van der Waals surface area contributed by atoms with Gasteiger partial charge in [0.15, 0.2) is 6.61 Å². The Morgan fingerprint density at radius 1 is 1.11 bits per heavy atom. The van der Waals surface area contributed by atoms with Crippen LogP contribution in [-0.4, -0.2) is 25.0 Å². The van der Waals surface area contributed by atoms with Crippen LogP contribution < -0.4 is 4.90 Å². The Bertz CT molecular complexity index is 836. The molecule has 0 spiro atoms. The third kappa shape index (κ3) is 5.68. The summed E-state index contributed by atoms with van der Waals surface area (Å²) in [5.74, 6) is -1.15. The van der Waals surface area contributed by atoms with Crippen LogP contribution in [0.2, 0.25) is 0 Å². The molecule has 0 aromatic heterocycles. The van der Waals surface area contributed by atoms with Crippen molar-refractivity contribution >= 4 is 17.6 Å². The predicted molar refractivity (Wildman–Crippen MR) is 109 cm³/mol. The number of carbonyl (C=O) groups is 2. The van der Waals surface area contributed by atoms with Crippen molar-refractivity contribution in [2.75, 3.05) is 18.1 Å². The van der Waals surface area contributed by atoms with Crippen LogP contribution in [0.1, 0.15) is 42.4 Å². The second-order valence-electron chi connectivity index (χ2n) is 6.78. The maximum Gasteiger partial charge on any atom is 0.313 e. The highest BCUT2D eigenvalue weighted by Gasteiger charge is 2.23. The summed E-state index contributed by atoms with van der Waals surface area (Å²) in [4.78, 5) is 26.8. The van der Waals surface area contributed by atoms with Crippen LogP contribution in [-0.2, 0) is 14.3 Å². The fraction of sp³-hybridized carbons (Fsp3) is 0.348. The average Bonchev–Trinajstić information content (AvgIpc) is 2.67. The van der Waals surface area contributed by atoms with Crippen molar-refractivity contribution in [3.05, 3.63) is 65.2 Å². The molecule has 0 saturated carbocycles. The zero-order valence-electron chi connectivity index (χ0n) is 16.6. The van der Waals surface area contributed by atoms with E-state index in [-0.39, 0.29) is 25.5 Å². The van der Waals surface area contributed by atoms with Crippen LogP contribution in [0.4, 0.5) is 5.69 Å². The third-order valence-electron chi connectivity index (χ3n) is 4.50. The minimum atomic E-state index is -0.414. The average molecular weight is 378 g/mol. The lowest BCUT2D eigenvalue weighted by Gasteiger charge is -2.23. The lowest BCUT2D eigenvalue weighted by molar-refractivity contribution is -0.149. The van der Waals surface area contributed by atoms with Gasteiger partial charge in [0.1, 0.15) is 0 Å². The summed E-state index contributed by atoms with van der Waals surface area (Å²) >= 11 is 0. The summed E-state index contributed by atoms with van der Waals surface area (Å²) in [5.41, 5.74) is 3.63. The van der Waals surface area contributed by atoms with Gasteiger partial charge in [-0.1, -0.05) is 43.3 Å². The molecule has 146 valence electrons. The fourth-order valence-electron chi connectivity index (χ4n) is 3.20. The van der Waals surface area contributed by atoms with E-state index in [0.717, 1.165) is 16.7 Å². The van der Waals surface area contributed by atoms with Crippen LogP contribution in [0.3, 0.4) is 0 Å². The number of benzene rings is 2. The molecule has 5 heteroatoms. The monoisotopic (exact) mass is 378 g/mol. The first-order chi connectivity index (χ1) is 13.5. The summed E-state index contributed by atoms with van der Waals surface area (Å²) < 4.78 is 5.34. The maximum atomic E-state index is 12.8. The van der Waals surface area contributed by atoms with E-state index in [2.05, 4.69) is 6.07 Å². The van der Waals surface area contributed by atoms with Crippen LogP contribution in [0.25, 0.3) is 0 Å². The molecule has 0 aliphatic rings. The number of rotatable bonds is 8. The van der Waals surface area contributed by atoms with Gasteiger partial charge in [-0.15, -0.1) is 0 Å². The molecule has 1 unspecified atom stereocenters. The predicted octanol–water partition coefficient (Wildman–Crippen LogP) is 4.29. The quantitative estimate of drug-likeness (QED) is 0.643.